The molecule has 0 fully saturated rings. The zero-order valence-electron chi connectivity index (χ0n) is 25.0. The van der Waals surface area contributed by atoms with Gasteiger partial charge in [-0.3, -0.25) is 14.3 Å². The molecule has 9 heteroatoms. The minimum atomic E-state index is -0.930. The number of aromatic amines is 1. The lowest BCUT2D eigenvalue weighted by molar-refractivity contribution is -0.136. The molecular formula is C34H35ClN4O4. The molecule has 5 aromatic rings. The molecule has 2 heterocycles. The van der Waals surface area contributed by atoms with E-state index in [1.54, 1.807) is 24.3 Å². The van der Waals surface area contributed by atoms with Crippen LogP contribution in [0.2, 0.25) is 5.02 Å². The van der Waals surface area contributed by atoms with E-state index < -0.39 is 5.97 Å². The van der Waals surface area contributed by atoms with Gasteiger partial charge in [-0.25, -0.2) is 0 Å². The predicted molar refractivity (Wildman–Crippen MR) is 170 cm³/mol. The monoisotopic (exact) mass is 598 g/mol. The molecule has 3 N–H and O–H groups in total. The Morgan fingerprint density at radius 3 is 2.44 bits per heavy atom. The van der Waals surface area contributed by atoms with Gasteiger partial charge in [0.1, 0.15) is 11.4 Å². The summed E-state index contributed by atoms with van der Waals surface area (Å²) in [6.45, 7) is 8.40. The van der Waals surface area contributed by atoms with Crippen molar-refractivity contribution in [3.8, 4) is 16.9 Å². The van der Waals surface area contributed by atoms with Crippen LogP contribution in [-0.4, -0.2) is 38.4 Å². The first-order valence-electron chi connectivity index (χ1n) is 14.2. The minimum absolute atomic E-state index is 0.124. The van der Waals surface area contributed by atoms with Crippen LogP contribution in [0.4, 0.5) is 5.69 Å². The van der Waals surface area contributed by atoms with Crippen LogP contribution in [0.15, 0.2) is 54.6 Å². The highest BCUT2D eigenvalue weighted by molar-refractivity contribution is 6.32. The van der Waals surface area contributed by atoms with E-state index in [0.29, 0.717) is 36.4 Å². The van der Waals surface area contributed by atoms with E-state index in [4.69, 9.17) is 16.3 Å². The summed E-state index contributed by atoms with van der Waals surface area (Å²) in [6, 6.07) is 16.9. The predicted octanol–water partition coefficient (Wildman–Crippen LogP) is 7.35. The fraction of sp³-hybridized carbons (Fsp3) is 0.265. The number of carbonyl (C=O) groups excluding carboxylic acids is 1. The number of H-pyrrole nitrogens is 1. The summed E-state index contributed by atoms with van der Waals surface area (Å²) in [7, 11) is 1.92. The highest BCUT2D eigenvalue weighted by atomic mass is 35.5. The first kappa shape index (κ1) is 29.9. The number of carboxylic acid groups (broad SMARTS) is 1. The number of anilines is 1. The van der Waals surface area contributed by atoms with Gasteiger partial charge in [0.15, 0.2) is 0 Å². The van der Waals surface area contributed by atoms with E-state index in [1.165, 1.54) is 0 Å². The van der Waals surface area contributed by atoms with Crippen molar-refractivity contribution in [3.05, 3.63) is 99.0 Å². The molecule has 3 aromatic carbocycles. The second kappa shape index (κ2) is 12.4. The molecule has 222 valence electrons. The van der Waals surface area contributed by atoms with Crippen LogP contribution in [0, 0.1) is 27.7 Å². The Kier molecular flexibility index (Phi) is 8.59. The van der Waals surface area contributed by atoms with E-state index in [2.05, 4.69) is 15.4 Å². The summed E-state index contributed by atoms with van der Waals surface area (Å²) in [6.07, 6.45) is 1.15. The number of nitrogens with one attached hydrogen (secondary N) is 2. The van der Waals surface area contributed by atoms with Gasteiger partial charge in [-0.15, -0.1) is 0 Å². The van der Waals surface area contributed by atoms with Crippen molar-refractivity contribution in [2.24, 2.45) is 7.05 Å². The molecule has 8 nitrogen and oxygen atoms in total. The van der Waals surface area contributed by atoms with Gasteiger partial charge in [0.2, 0.25) is 0 Å². The molecule has 0 aliphatic rings. The third-order valence-electron chi connectivity index (χ3n) is 7.74. The van der Waals surface area contributed by atoms with Crippen LogP contribution in [0.3, 0.4) is 0 Å². The molecule has 0 saturated carbocycles. The molecular weight excluding hydrogens is 564 g/mol. The lowest BCUT2D eigenvalue weighted by atomic mass is 9.98. The van der Waals surface area contributed by atoms with Gasteiger partial charge in [-0.2, -0.15) is 5.10 Å². The second-order valence-electron chi connectivity index (χ2n) is 10.9. The van der Waals surface area contributed by atoms with Gasteiger partial charge < -0.3 is 20.1 Å². The van der Waals surface area contributed by atoms with Crippen molar-refractivity contribution in [1.29, 1.82) is 0 Å². The third-order valence-corrected chi connectivity index (χ3v) is 8.33. The van der Waals surface area contributed by atoms with Crippen molar-refractivity contribution in [1.82, 2.24) is 14.8 Å². The van der Waals surface area contributed by atoms with Gasteiger partial charge in [-0.1, -0.05) is 41.9 Å². The Morgan fingerprint density at radius 1 is 1.05 bits per heavy atom. The van der Waals surface area contributed by atoms with Crippen LogP contribution in [-0.2, 0) is 24.7 Å². The lowest BCUT2D eigenvalue weighted by Crippen LogP contribution is -2.15. The number of ether oxygens (including phenoxy) is 1. The Hall–Kier alpha value is -4.56. The molecule has 43 heavy (non-hydrogen) atoms. The number of hydrogen-bond acceptors (Lipinski definition) is 4. The van der Waals surface area contributed by atoms with Crippen molar-refractivity contribution in [2.75, 3.05) is 11.9 Å². The number of halogens is 1. The molecule has 0 radical (unpaired) electrons. The van der Waals surface area contributed by atoms with E-state index in [-0.39, 0.29) is 12.3 Å². The van der Waals surface area contributed by atoms with Crippen LogP contribution in [0.5, 0.6) is 5.75 Å². The molecule has 0 atom stereocenters. The number of aryl methyl sites for hydroxylation is 5. The van der Waals surface area contributed by atoms with E-state index in [9.17, 15) is 14.7 Å². The number of carboxylic acids is 1. The topological polar surface area (TPSA) is 109 Å². The Labute approximate surface area is 255 Å². The summed E-state index contributed by atoms with van der Waals surface area (Å²) >= 11 is 6.32. The molecule has 0 aliphatic carbocycles. The van der Waals surface area contributed by atoms with E-state index in [0.717, 1.165) is 60.9 Å². The molecule has 0 unspecified atom stereocenters. The molecule has 5 rings (SSSR count). The quantitative estimate of drug-likeness (QED) is 0.146. The van der Waals surface area contributed by atoms with Crippen LogP contribution < -0.4 is 10.1 Å². The van der Waals surface area contributed by atoms with Gasteiger partial charge in [-0.05, 0) is 87.1 Å². The third kappa shape index (κ3) is 6.29. The van der Waals surface area contributed by atoms with E-state index in [1.807, 2.05) is 69.8 Å². The van der Waals surface area contributed by atoms with Crippen LogP contribution >= 0.6 is 11.6 Å². The highest BCUT2D eigenvalue weighted by Gasteiger charge is 2.22. The maximum absolute atomic E-state index is 13.8. The van der Waals surface area contributed by atoms with E-state index >= 15 is 0 Å². The Bertz CT molecular complexity index is 1830. The molecule has 1 amide bonds. The average molecular weight is 599 g/mol. The lowest BCUT2D eigenvalue weighted by Gasteiger charge is -2.11. The number of fused-ring (bicyclic) bond motifs is 1. The number of nitrogens with zero attached hydrogens (tertiary/aromatic N) is 2. The second-order valence-corrected chi connectivity index (χ2v) is 11.3. The number of aliphatic carboxylic acids is 1. The Balaban J connectivity index is 1.48. The number of carbonyl (C=O) groups is 2. The maximum atomic E-state index is 13.8. The normalized spacial score (nSPS) is 11.2. The number of rotatable bonds is 10. The van der Waals surface area contributed by atoms with Crippen molar-refractivity contribution in [3.63, 3.8) is 0 Å². The molecule has 0 saturated heterocycles. The van der Waals surface area contributed by atoms with Crippen LogP contribution in [0.1, 0.15) is 50.6 Å². The first-order chi connectivity index (χ1) is 20.5. The minimum Gasteiger partial charge on any atom is -0.494 e. The van der Waals surface area contributed by atoms with Gasteiger partial charge >= 0.3 is 5.97 Å². The van der Waals surface area contributed by atoms with Crippen molar-refractivity contribution < 1.29 is 19.4 Å². The van der Waals surface area contributed by atoms with Gasteiger partial charge in [0, 0.05) is 40.0 Å². The number of aromatic nitrogens is 3. The SMILES string of the molecule is Cc1cc(OCCCc2c(C(=O)Nc3cccc(CC(=O)O)c3)[nH]c3c(-c4c(C)nn(C)c4C)cccc23)cc(C)c1Cl. The Morgan fingerprint density at radius 2 is 1.77 bits per heavy atom. The summed E-state index contributed by atoms with van der Waals surface area (Å²) in [4.78, 5) is 28.4. The van der Waals surface area contributed by atoms with Crippen molar-refractivity contribution >= 4 is 40.1 Å². The number of benzene rings is 3. The fourth-order valence-electron chi connectivity index (χ4n) is 5.65. The number of amides is 1. The molecule has 0 aliphatic heterocycles. The smallest absolute Gasteiger partial charge is 0.307 e. The average Bonchev–Trinajstić information content (AvgIpc) is 3.45. The number of hydrogen-bond donors (Lipinski definition) is 3. The first-order valence-corrected chi connectivity index (χ1v) is 14.6. The highest BCUT2D eigenvalue weighted by Crippen LogP contribution is 2.36. The number of para-hydroxylation sites is 1. The summed E-state index contributed by atoms with van der Waals surface area (Å²) in [5.41, 5.74) is 9.25. The summed E-state index contributed by atoms with van der Waals surface area (Å²) in [5, 5.41) is 18.5. The van der Waals surface area contributed by atoms with Crippen LogP contribution in [0.25, 0.3) is 22.0 Å². The largest absolute Gasteiger partial charge is 0.494 e. The summed E-state index contributed by atoms with van der Waals surface area (Å²) < 4.78 is 7.94. The standard InChI is InChI=1S/C34H35ClN4O4/c1-19-15-25(16-20(2)31(19)35)43-14-8-13-27-26-11-7-12-28(30-21(3)38-39(5)22(30)4)32(26)37-33(27)34(42)36-24-10-6-9-23(17-24)18-29(40)41/h6-7,9-12,15-17,37H,8,13-14,18H2,1-5H3,(H,36,42)(H,40,41). The van der Waals surface area contributed by atoms with Gasteiger partial charge in [0.05, 0.1) is 24.2 Å². The fourth-order valence-corrected chi connectivity index (χ4v) is 5.76. The maximum Gasteiger partial charge on any atom is 0.307 e. The van der Waals surface area contributed by atoms with Gasteiger partial charge in [0.25, 0.3) is 5.91 Å². The summed E-state index contributed by atoms with van der Waals surface area (Å²) in [5.74, 6) is -0.461. The zero-order valence-corrected chi connectivity index (χ0v) is 25.7. The molecule has 2 aromatic heterocycles. The van der Waals surface area contributed by atoms with Crippen molar-refractivity contribution in [2.45, 2.75) is 47.0 Å². The molecule has 0 spiro atoms. The molecule has 0 bridgehead atoms. The zero-order chi connectivity index (χ0) is 30.8.